The Kier molecular flexibility index (Phi) is 14.3. The lowest BCUT2D eigenvalue weighted by atomic mass is 10.1. The maximum absolute atomic E-state index is 13.0. The molecule has 7 nitrogen and oxygen atoms in total. The summed E-state index contributed by atoms with van der Waals surface area (Å²) in [6, 6.07) is 1.86. The molecule has 0 aromatic heterocycles. The lowest BCUT2D eigenvalue weighted by molar-refractivity contribution is -0.137. The fourth-order valence-electron chi connectivity index (χ4n) is 2.66. The van der Waals surface area contributed by atoms with E-state index in [1.165, 1.54) is 14.0 Å². The van der Waals surface area contributed by atoms with Crippen molar-refractivity contribution in [3.05, 3.63) is 17.7 Å². The Bertz CT molecular complexity index is 664. The molecule has 1 amide bonds. The number of hydrogen-bond acceptors (Lipinski definition) is 6. The van der Waals surface area contributed by atoms with Crippen molar-refractivity contribution in [2.45, 2.75) is 58.7 Å². The number of nitrogens with two attached hydrogens (primary N) is 1. The third kappa shape index (κ3) is 11.0. The van der Waals surface area contributed by atoms with E-state index in [0.717, 1.165) is 44.2 Å². The van der Waals surface area contributed by atoms with Gasteiger partial charge < -0.3 is 31.2 Å². The van der Waals surface area contributed by atoms with E-state index in [2.05, 4.69) is 16.0 Å². The number of alkyl halides is 3. The third-order valence-corrected chi connectivity index (χ3v) is 4.07. The van der Waals surface area contributed by atoms with Crippen molar-refractivity contribution in [1.29, 1.82) is 0 Å². The Morgan fingerprint density at radius 1 is 1.29 bits per heavy atom. The molecule has 0 aliphatic carbocycles. The van der Waals surface area contributed by atoms with Crippen LogP contribution in [0.2, 0.25) is 0 Å². The highest BCUT2D eigenvalue weighted by atomic mass is 19.4. The van der Waals surface area contributed by atoms with Gasteiger partial charge in [0.05, 0.1) is 16.9 Å². The molecule has 1 aliphatic rings. The van der Waals surface area contributed by atoms with Crippen LogP contribution in [0.1, 0.15) is 52.0 Å². The summed E-state index contributed by atoms with van der Waals surface area (Å²) in [5, 5.41) is 8.22. The number of aldehydes is 1. The van der Waals surface area contributed by atoms with Gasteiger partial charge in [0.2, 0.25) is 5.91 Å². The number of rotatable bonds is 8. The molecule has 1 fully saturated rings. The fourth-order valence-corrected chi connectivity index (χ4v) is 2.66. The van der Waals surface area contributed by atoms with Gasteiger partial charge in [-0.25, -0.2) is 0 Å². The predicted octanol–water partition coefficient (Wildman–Crippen LogP) is 3.79. The molecule has 31 heavy (non-hydrogen) atoms. The number of anilines is 2. The molecule has 1 aliphatic heterocycles. The van der Waals surface area contributed by atoms with E-state index in [1.54, 1.807) is 0 Å². The molecule has 0 radical (unpaired) electrons. The highest BCUT2D eigenvalue weighted by Gasteiger charge is 2.33. The first-order chi connectivity index (χ1) is 14.7. The Labute approximate surface area is 182 Å². The molecule has 1 unspecified atom stereocenters. The highest BCUT2D eigenvalue weighted by molar-refractivity contribution is 5.92. The Morgan fingerprint density at radius 2 is 1.94 bits per heavy atom. The SMILES string of the molecule is CC.CNc1cc(C(F)(F)F)cc(NC(C)=O)c1OC1CCNC1.NCCCCC=O. The van der Waals surface area contributed by atoms with Gasteiger partial charge in [0.15, 0.2) is 5.75 Å². The number of halogens is 3. The van der Waals surface area contributed by atoms with Crippen LogP contribution in [0.25, 0.3) is 0 Å². The molecule has 1 atom stereocenters. The van der Waals surface area contributed by atoms with E-state index in [1.807, 2.05) is 13.8 Å². The van der Waals surface area contributed by atoms with Crippen LogP contribution in [0.15, 0.2) is 12.1 Å². The van der Waals surface area contributed by atoms with Gasteiger partial charge in [-0.2, -0.15) is 13.2 Å². The first-order valence-corrected chi connectivity index (χ1v) is 10.4. The zero-order valence-electron chi connectivity index (χ0n) is 18.7. The second-order valence-corrected chi connectivity index (χ2v) is 6.51. The van der Waals surface area contributed by atoms with E-state index >= 15 is 0 Å². The van der Waals surface area contributed by atoms with Gasteiger partial charge in [-0.1, -0.05) is 13.8 Å². The maximum Gasteiger partial charge on any atom is 0.416 e. The summed E-state index contributed by atoms with van der Waals surface area (Å²) in [6.45, 7) is 7.34. The minimum Gasteiger partial charge on any atom is -0.485 e. The summed E-state index contributed by atoms with van der Waals surface area (Å²) in [5.74, 6) is -0.241. The number of amides is 1. The van der Waals surface area contributed by atoms with E-state index in [9.17, 15) is 22.8 Å². The molecule has 0 spiro atoms. The van der Waals surface area contributed by atoms with Gasteiger partial charge in [0.1, 0.15) is 12.4 Å². The summed E-state index contributed by atoms with van der Waals surface area (Å²) >= 11 is 0. The van der Waals surface area contributed by atoms with Crippen LogP contribution < -0.4 is 26.4 Å². The predicted molar refractivity (Wildman–Crippen MR) is 118 cm³/mol. The lowest BCUT2D eigenvalue weighted by Crippen LogP contribution is -2.21. The first kappa shape index (κ1) is 28.7. The number of carbonyl (C=O) groups excluding carboxylic acids is 2. The minimum absolute atomic E-state index is 0.0126. The van der Waals surface area contributed by atoms with Crippen LogP contribution in [0.5, 0.6) is 5.75 Å². The van der Waals surface area contributed by atoms with Crippen LogP contribution >= 0.6 is 0 Å². The first-order valence-electron chi connectivity index (χ1n) is 10.4. The molecular weight excluding hydrogens is 413 g/mol. The minimum atomic E-state index is -4.51. The van der Waals surface area contributed by atoms with Crippen molar-refractivity contribution in [2.75, 3.05) is 37.3 Å². The molecule has 1 aromatic rings. The van der Waals surface area contributed by atoms with Gasteiger partial charge in [-0.3, -0.25) is 4.79 Å². The van der Waals surface area contributed by atoms with Gasteiger partial charge in [0, 0.05) is 26.9 Å². The quantitative estimate of drug-likeness (QED) is 0.356. The summed E-state index contributed by atoms with van der Waals surface area (Å²) in [4.78, 5) is 20.9. The molecular formula is C21H35F3N4O3. The van der Waals surface area contributed by atoms with Crippen molar-refractivity contribution in [2.24, 2.45) is 5.73 Å². The number of nitrogens with one attached hydrogen (secondary N) is 3. The summed E-state index contributed by atoms with van der Waals surface area (Å²) in [6.07, 6.45) is -0.391. The standard InChI is InChI=1S/C14H18F3N3O2.C5H11NO.C2H6/c1-8(21)20-12-6-9(14(15,16)17)5-11(18-2)13(12)22-10-3-4-19-7-10;6-4-2-1-3-5-7;1-2/h5-6,10,18-19H,3-4,7H2,1-2H3,(H,20,21);5H,1-4,6H2;1-2H3. The fraction of sp³-hybridized carbons (Fsp3) is 0.619. The third-order valence-electron chi connectivity index (χ3n) is 4.07. The molecule has 178 valence electrons. The van der Waals surface area contributed by atoms with E-state index < -0.39 is 17.6 Å². The average Bonchev–Trinajstić information content (AvgIpc) is 3.23. The Hall–Kier alpha value is -2.33. The summed E-state index contributed by atoms with van der Waals surface area (Å²) < 4.78 is 44.7. The van der Waals surface area contributed by atoms with Gasteiger partial charge in [0.25, 0.3) is 0 Å². The van der Waals surface area contributed by atoms with Crippen LogP contribution in [0.4, 0.5) is 24.5 Å². The maximum atomic E-state index is 13.0. The van der Waals surface area contributed by atoms with Crippen molar-refractivity contribution >= 4 is 23.6 Å². The smallest absolute Gasteiger partial charge is 0.416 e. The molecule has 0 saturated carbocycles. The average molecular weight is 449 g/mol. The lowest BCUT2D eigenvalue weighted by Gasteiger charge is -2.21. The highest BCUT2D eigenvalue weighted by Crippen LogP contribution is 2.41. The Balaban J connectivity index is 0.000000852. The van der Waals surface area contributed by atoms with Crippen molar-refractivity contribution < 1.29 is 27.5 Å². The molecule has 0 bridgehead atoms. The molecule has 1 saturated heterocycles. The second kappa shape index (κ2) is 15.5. The topological polar surface area (TPSA) is 105 Å². The molecule has 5 N–H and O–H groups in total. The number of ether oxygens (including phenoxy) is 1. The van der Waals surface area contributed by atoms with Crippen LogP contribution in [0, 0.1) is 0 Å². The van der Waals surface area contributed by atoms with Gasteiger partial charge >= 0.3 is 6.18 Å². The van der Waals surface area contributed by atoms with Gasteiger partial charge in [-0.05, 0) is 44.5 Å². The molecule has 1 heterocycles. The number of benzene rings is 1. The van der Waals surface area contributed by atoms with Gasteiger partial charge in [-0.15, -0.1) is 0 Å². The van der Waals surface area contributed by atoms with Crippen LogP contribution in [-0.2, 0) is 15.8 Å². The summed E-state index contributed by atoms with van der Waals surface area (Å²) in [5.41, 5.74) is 4.50. The van der Waals surface area contributed by atoms with Crippen LogP contribution in [-0.4, -0.2) is 45.0 Å². The zero-order valence-corrected chi connectivity index (χ0v) is 18.7. The van der Waals surface area contributed by atoms with Crippen molar-refractivity contribution in [3.8, 4) is 5.75 Å². The number of carbonyl (C=O) groups is 2. The molecule has 1 aromatic carbocycles. The Morgan fingerprint density at radius 3 is 2.39 bits per heavy atom. The zero-order chi connectivity index (χ0) is 23.9. The van der Waals surface area contributed by atoms with Crippen molar-refractivity contribution in [3.63, 3.8) is 0 Å². The number of hydrogen-bond donors (Lipinski definition) is 4. The monoisotopic (exact) mass is 448 g/mol. The summed E-state index contributed by atoms with van der Waals surface area (Å²) in [7, 11) is 1.51. The van der Waals surface area contributed by atoms with Crippen LogP contribution in [0.3, 0.4) is 0 Å². The largest absolute Gasteiger partial charge is 0.485 e. The normalized spacial score (nSPS) is 15.0. The van der Waals surface area contributed by atoms with E-state index in [0.29, 0.717) is 19.5 Å². The van der Waals surface area contributed by atoms with E-state index in [-0.39, 0.29) is 23.2 Å². The molecule has 2 rings (SSSR count). The second-order valence-electron chi connectivity index (χ2n) is 6.51. The molecule has 10 heteroatoms. The van der Waals surface area contributed by atoms with E-state index in [4.69, 9.17) is 10.5 Å². The van der Waals surface area contributed by atoms with Crippen molar-refractivity contribution in [1.82, 2.24) is 5.32 Å². The number of unbranched alkanes of at least 4 members (excludes halogenated alkanes) is 2.